The Bertz CT molecular complexity index is 1190. The van der Waals surface area contributed by atoms with Crippen molar-refractivity contribution in [3.8, 4) is 23.7 Å². The van der Waals surface area contributed by atoms with Gasteiger partial charge in [-0.15, -0.1) is 0 Å². The van der Waals surface area contributed by atoms with E-state index in [4.69, 9.17) is 4.74 Å². The van der Waals surface area contributed by atoms with Crippen LogP contribution in [-0.4, -0.2) is 35.0 Å². The van der Waals surface area contributed by atoms with Crippen molar-refractivity contribution in [1.82, 2.24) is 4.90 Å². The van der Waals surface area contributed by atoms with Crippen LogP contribution >= 0.6 is 0 Å². The highest BCUT2D eigenvalue weighted by Crippen LogP contribution is 2.34. The standard InChI is InChI=1S/C24H18N2O4/c1-16(27)30-21-15-6-4-2-3-5-13-19-22(21)26(23(19)28)24(29)25-20-14-9-11-17-10-7-8-12-18(17)20/h2,4,7-12,14,19,21-22H,13H2,1H3,(H,25,29)/b4-2-/t19-,21-,22+/m1/s1. The Labute approximate surface area is 173 Å². The number of carbonyl (C=O) groups excluding carboxylic acids is 3. The largest absolute Gasteiger partial charge is 0.447 e. The highest BCUT2D eigenvalue weighted by Gasteiger charge is 2.54. The van der Waals surface area contributed by atoms with Crippen LogP contribution in [0.5, 0.6) is 0 Å². The van der Waals surface area contributed by atoms with Crippen molar-refractivity contribution in [2.24, 2.45) is 5.92 Å². The smallest absolute Gasteiger partial charge is 0.329 e. The number of esters is 1. The van der Waals surface area contributed by atoms with Crippen molar-refractivity contribution in [2.75, 3.05) is 5.32 Å². The fourth-order valence-electron chi connectivity index (χ4n) is 3.67. The zero-order chi connectivity index (χ0) is 21.1. The number of benzene rings is 2. The highest BCUT2D eigenvalue weighted by atomic mass is 16.5. The van der Waals surface area contributed by atoms with Gasteiger partial charge < -0.3 is 10.1 Å². The Kier molecular flexibility index (Phi) is 5.24. The average molecular weight is 398 g/mol. The fourth-order valence-corrected chi connectivity index (χ4v) is 3.67. The van der Waals surface area contributed by atoms with Crippen LogP contribution in [0.1, 0.15) is 13.3 Å². The molecule has 0 unspecified atom stereocenters. The number of imide groups is 1. The Morgan fingerprint density at radius 1 is 1.10 bits per heavy atom. The number of carbonyl (C=O) groups is 3. The fraction of sp³-hybridized carbons (Fsp3) is 0.208. The molecule has 1 aliphatic carbocycles. The third-order valence-corrected chi connectivity index (χ3v) is 5.02. The van der Waals surface area contributed by atoms with Crippen molar-refractivity contribution in [2.45, 2.75) is 25.5 Å². The molecule has 1 saturated heterocycles. The second kappa shape index (κ2) is 8.14. The monoisotopic (exact) mass is 398 g/mol. The number of allylic oxidation sites excluding steroid dienone is 2. The third kappa shape index (κ3) is 3.64. The predicted molar refractivity (Wildman–Crippen MR) is 112 cm³/mol. The molecule has 3 amide bonds. The van der Waals surface area contributed by atoms with Crippen molar-refractivity contribution in [1.29, 1.82) is 0 Å². The Morgan fingerprint density at radius 2 is 1.87 bits per heavy atom. The van der Waals surface area contributed by atoms with Crippen LogP contribution < -0.4 is 5.32 Å². The second-order valence-corrected chi connectivity index (χ2v) is 6.94. The summed E-state index contributed by atoms with van der Waals surface area (Å²) in [5.41, 5.74) is 0.590. The molecule has 0 radical (unpaired) electrons. The molecule has 2 aliphatic rings. The maximum Gasteiger partial charge on any atom is 0.329 e. The Hall–Kier alpha value is -4.03. The molecule has 2 aromatic carbocycles. The zero-order valence-electron chi connectivity index (χ0n) is 16.2. The maximum atomic E-state index is 13.0. The van der Waals surface area contributed by atoms with Gasteiger partial charge in [0.25, 0.3) is 0 Å². The van der Waals surface area contributed by atoms with Gasteiger partial charge in [-0.25, -0.2) is 4.79 Å². The molecule has 0 spiro atoms. The second-order valence-electron chi connectivity index (χ2n) is 6.94. The molecule has 148 valence electrons. The van der Waals surface area contributed by atoms with E-state index < -0.39 is 30.1 Å². The number of hydrogen-bond acceptors (Lipinski definition) is 4. The molecule has 0 bridgehead atoms. The molecule has 0 aromatic heterocycles. The zero-order valence-corrected chi connectivity index (χ0v) is 16.2. The number of hydrogen-bond donors (Lipinski definition) is 1. The van der Waals surface area contributed by atoms with Crippen molar-refractivity contribution in [3.63, 3.8) is 0 Å². The Balaban J connectivity index is 1.64. The quantitative estimate of drug-likeness (QED) is 0.479. The third-order valence-electron chi connectivity index (χ3n) is 5.02. The molecule has 1 heterocycles. The van der Waals surface area contributed by atoms with E-state index in [0.717, 1.165) is 15.7 Å². The normalized spacial score (nSPS) is 22.9. The predicted octanol–water partition coefficient (Wildman–Crippen LogP) is 3.10. The van der Waals surface area contributed by atoms with Crippen LogP contribution in [0.3, 0.4) is 0 Å². The first-order valence-electron chi connectivity index (χ1n) is 9.50. The molecule has 4 rings (SSSR count). The van der Waals surface area contributed by atoms with E-state index in [0.29, 0.717) is 5.69 Å². The van der Waals surface area contributed by atoms with E-state index in [1.54, 1.807) is 18.2 Å². The van der Waals surface area contributed by atoms with E-state index >= 15 is 0 Å². The summed E-state index contributed by atoms with van der Waals surface area (Å²) >= 11 is 0. The lowest BCUT2D eigenvalue weighted by atomic mass is 9.81. The van der Waals surface area contributed by atoms with Gasteiger partial charge in [0.05, 0.1) is 11.6 Å². The summed E-state index contributed by atoms with van der Waals surface area (Å²) in [5, 5.41) is 4.64. The van der Waals surface area contributed by atoms with Gasteiger partial charge in [0.1, 0.15) is 6.04 Å². The molecule has 1 fully saturated rings. The molecule has 1 N–H and O–H groups in total. The summed E-state index contributed by atoms with van der Waals surface area (Å²) in [6.07, 6.45) is 2.45. The lowest BCUT2D eigenvalue weighted by Gasteiger charge is -2.46. The summed E-state index contributed by atoms with van der Waals surface area (Å²) in [7, 11) is 0. The summed E-state index contributed by atoms with van der Waals surface area (Å²) in [6, 6.07) is 11.9. The molecular formula is C24H18N2O4. The topological polar surface area (TPSA) is 75.7 Å². The molecule has 6 heteroatoms. The maximum absolute atomic E-state index is 13.0. The van der Waals surface area contributed by atoms with Crippen molar-refractivity contribution >= 4 is 34.4 Å². The summed E-state index contributed by atoms with van der Waals surface area (Å²) in [5.74, 6) is 9.83. The summed E-state index contributed by atoms with van der Waals surface area (Å²) < 4.78 is 5.34. The minimum atomic E-state index is -0.923. The van der Waals surface area contributed by atoms with Gasteiger partial charge in [-0.3, -0.25) is 14.5 Å². The first-order valence-corrected chi connectivity index (χ1v) is 9.50. The first kappa shape index (κ1) is 19.3. The molecule has 6 nitrogen and oxygen atoms in total. The number of likely N-dealkylation sites (tertiary alicyclic amines) is 1. The van der Waals surface area contributed by atoms with Crippen LogP contribution in [0.4, 0.5) is 10.5 Å². The lowest BCUT2D eigenvalue weighted by Crippen LogP contribution is -2.68. The van der Waals surface area contributed by atoms with Crippen molar-refractivity contribution in [3.05, 3.63) is 54.6 Å². The van der Waals surface area contributed by atoms with E-state index in [-0.39, 0.29) is 12.3 Å². The summed E-state index contributed by atoms with van der Waals surface area (Å²) in [6.45, 7) is 1.27. The minimum absolute atomic E-state index is 0.255. The first-order chi connectivity index (χ1) is 14.6. The van der Waals surface area contributed by atoms with Gasteiger partial charge in [0.2, 0.25) is 5.91 Å². The number of anilines is 1. The molecule has 3 atom stereocenters. The van der Waals surface area contributed by atoms with Gasteiger partial charge >= 0.3 is 12.0 Å². The van der Waals surface area contributed by atoms with Gasteiger partial charge in [0.15, 0.2) is 6.10 Å². The van der Waals surface area contributed by atoms with Crippen LogP contribution in [0.2, 0.25) is 0 Å². The van der Waals surface area contributed by atoms with Crippen LogP contribution in [0.15, 0.2) is 54.6 Å². The number of rotatable bonds is 2. The average Bonchev–Trinajstić information content (AvgIpc) is 2.72. The molecule has 2 aromatic rings. The number of nitrogens with zero attached hydrogens (tertiary/aromatic N) is 1. The van der Waals surface area contributed by atoms with E-state index in [2.05, 4.69) is 29.0 Å². The van der Waals surface area contributed by atoms with E-state index in [1.165, 1.54) is 6.92 Å². The highest BCUT2D eigenvalue weighted by molar-refractivity contribution is 6.09. The molecule has 1 aliphatic heterocycles. The van der Waals surface area contributed by atoms with E-state index in [1.807, 2.05) is 36.4 Å². The number of urea groups is 1. The van der Waals surface area contributed by atoms with Gasteiger partial charge in [-0.2, -0.15) is 0 Å². The van der Waals surface area contributed by atoms with Crippen LogP contribution in [0, 0.1) is 29.6 Å². The summed E-state index contributed by atoms with van der Waals surface area (Å²) in [4.78, 5) is 38.5. The number of amides is 3. The van der Waals surface area contributed by atoms with Crippen LogP contribution in [0.25, 0.3) is 10.8 Å². The van der Waals surface area contributed by atoms with Crippen LogP contribution in [-0.2, 0) is 14.3 Å². The minimum Gasteiger partial charge on any atom is -0.447 e. The number of β-lactam (4-membered cyclic amide) rings is 1. The van der Waals surface area contributed by atoms with E-state index in [9.17, 15) is 14.4 Å². The van der Waals surface area contributed by atoms with Gasteiger partial charge in [0, 0.05) is 18.7 Å². The SMILES string of the molecule is CC(=O)O[C@@H]1C#C/C=C\C#CC[C@H]2C(=O)N(C(=O)Nc3cccc4ccccc34)[C@H]12. The lowest BCUT2D eigenvalue weighted by molar-refractivity contribution is -0.163. The van der Waals surface area contributed by atoms with Crippen molar-refractivity contribution < 1.29 is 19.1 Å². The Morgan fingerprint density at radius 3 is 2.70 bits per heavy atom. The number of ether oxygens (including phenoxy) is 1. The number of fused-ring (bicyclic) bond motifs is 2. The van der Waals surface area contributed by atoms with Gasteiger partial charge in [-0.1, -0.05) is 60.1 Å². The molecule has 0 saturated carbocycles. The number of nitrogens with one attached hydrogen (secondary N) is 1. The molecule has 30 heavy (non-hydrogen) atoms. The molecular weight excluding hydrogens is 380 g/mol. The van der Waals surface area contributed by atoms with Gasteiger partial charge in [-0.05, 0) is 23.6 Å².